The molecule has 0 saturated heterocycles. The van der Waals surface area contributed by atoms with E-state index in [1.54, 1.807) is 24.3 Å². The fourth-order valence-corrected chi connectivity index (χ4v) is 3.39. The number of Topliss-reactive ketones (excluding diaryl/α,β-unsaturated/α-hetero) is 1. The second kappa shape index (κ2) is 6.44. The molecular formula is C19H19N3O3. The van der Waals surface area contributed by atoms with Crippen LogP contribution in [-0.2, 0) is 14.3 Å². The molecule has 3 N–H and O–H groups in total. The molecule has 1 aromatic rings. The number of allylic oxidation sites excluding steroid dienone is 3. The Balaban J connectivity index is 2.06. The molecule has 2 atom stereocenters. The lowest BCUT2D eigenvalue weighted by molar-refractivity contribution is -0.117. The molecule has 0 aromatic heterocycles. The number of nitriles is 1. The van der Waals surface area contributed by atoms with Gasteiger partial charge in [0.05, 0.1) is 5.92 Å². The van der Waals surface area contributed by atoms with E-state index in [-0.39, 0.29) is 29.1 Å². The second-order valence-electron chi connectivity index (χ2n) is 6.50. The number of carbonyl (C=O) groups is 2. The Morgan fingerprint density at radius 3 is 2.60 bits per heavy atom. The number of benzene rings is 1. The minimum Gasteiger partial charge on any atom is -0.444 e. The standard InChI is InChI=1S/C19H19N3O3/c1-10-7-15(24)18-16(8-10)25-19(21)14(9-20)17(18)12-3-5-13(6-4-12)22-11(2)23/h3-6,10,17H,7-8,21H2,1-2H3,(H,22,23)/t10-,17+/m0/s1. The van der Waals surface area contributed by atoms with Gasteiger partial charge in [0, 0.05) is 31.0 Å². The number of nitrogens with zero attached hydrogens (tertiary/aromatic N) is 1. The Labute approximate surface area is 146 Å². The molecule has 128 valence electrons. The molecule has 6 nitrogen and oxygen atoms in total. The van der Waals surface area contributed by atoms with Crippen LogP contribution < -0.4 is 11.1 Å². The zero-order valence-corrected chi connectivity index (χ0v) is 14.1. The lowest BCUT2D eigenvalue weighted by atomic mass is 9.75. The number of nitrogens with one attached hydrogen (secondary N) is 1. The second-order valence-corrected chi connectivity index (χ2v) is 6.50. The summed E-state index contributed by atoms with van der Waals surface area (Å²) in [6.45, 7) is 3.42. The summed E-state index contributed by atoms with van der Waals surface area (Å²) < 4.78 is 5.60. The smallest absolute Gasteiger partial charge is 0.221 e. The van der Waals surface area contributed by atoms with Gasteiger partial charge < -0.3 is 15.8 Å². The highest BCUT2D eigenvalue weighted by Gasteiger charge is 2.39. The fourth-order valence-electron chi connectivity index (χ4n) is 3.39. The van der Waals surface area contributed by atoms with E-state index < -0.39 is 5.92 Å². The Kier molecular flexibility index (Phi) is 4.32. The van der Waals surface area contributed by atoms with Crippen LogP contribution in [0, 0.1) is 17.2 Å². The first kappa shape index (κ1) is 16.8. The maximum atomic E-state index is 12.6. The highest BCUT2D eigenvalue weighted by atomic mass is 16.5. The summed E-state index contributed by atoms with van der Waals surface area (Å²) in [6, 6.07) is 9.16. The SMILES string of the molecule is CC(=O)Nc1ccc([C@@H]2C(C#N)=C(N)OC3=C2C(=O)C[C@H](C)C3)cc1. The molecule has 1 aliphatic heterocycles. The van der Waals surface area contributed by atoms with Gasteiger partial charge in [-0.2, -0.15) is 5.26 Å². The van der Waals surface area contributed by atoms with E-state index in [4.69, 9.17) is 10.5 Å². The minimum absolute atomic E-state index is 0.00932. The van der Waals surface area contributed by atoms with Crippen LogP contribution in [0.5, 0.6) is 0 Å². The topological polar surface area (TPSA) is 105 Å². The molecule has 2 aliphatic rings. The summed E-state index contributed by atoms with van der Waals surface area (Å²) in [4.78, 5) is 23.8. The van der Waals surface area contributed by atoms with Crippen molar-refractivity contribution in [1.29, 1.82) is 5.26 Å². The highest BCUT2D eigenvalue weighted by molar-refractivity contribution is 5.99. The molecule has 25 heavy (non-hydrogen) atoms. The highest BCUT2D eigenvalue weighted by Crippen LogP contribution is 2.44. The van der Waals surface area contributed by atoms with Crippen molar-refractivity contribution in [3.05, 3.63) is 52.6 Å². The van der Waals surface area contributed by atoms with E-state index in [9.17, 15) is 14.9 Å². The van der Waals surface area contributed by atoms with Crippen LogP contribution in [0.1, 0.15) is 38.2 Å². The summed E-state index contributed by atoms with van der Waals surface area (Å²) in [5.41, 5.74) is 8.13. The lowest BCUT2D eigenvalue weighted by Gasteiger charge is -2.33. The third kappa shape index (κ3) is 3.13. The zero-order valence-electron chi connectivity index (χ0n) is 14.1. The van der Waals surface area contributed by atoms with Crippen LogP contribution in [0.15, 0.2) is 47.1 Å². The van der Waals surface area contributed by atoms with Crippen LogP contribution in [0.2, 0.25) is 0 Å². The number of hydrogen-bond acceptors (Lipinski definition) is 5. The summed E-state index contributed by atoms with van der Waals surface area (Å²) in [7, 11) is 0. The quantitative estimate of drug-likeness (QED) is 0.863. The largest absolute Gasteiger partial charge is 0.444 e. The molecule has 0 saturated carbocycles. The monoisotopic (exact) mass is 337 g/mol. The number of amides is 1. The van der Waals surface area contributed by atoms with Gasteiger partial charge in [-0.05, 0) is 23.6 Å². The van der Waals surface area contributed by atoms with Crippen molar-refractivity contribution < 1.29 is 14.3 Å². The fraction of sp³-hybridized carbons (Fsp3) is 0.316. The van der Waals surface area contributed by atoms with E-state index in [1.807, 2.05) is 6.92 Å². The molecule has 1 heterocycles. The summed E-state index contributed by atoms with van der Waals surface area (Å²) in [5.74, 6) is 0.105. The minimum atomic E-state index is -0.528. The Hall–Kier alpha value is -3.07. The van der Waals surface area contributed by atoms with Gasteiger partial charge in [0.2, 0.25) is 11.8 Å². The summed E-state index contributed by atoms with van der Waals surface area (Å²) in [5, 5.41) is 12.2. The van der Waals surface area contributed by atoms with Gasteiger partial charge in [-0.25, -0.2) is 0 Å². The van der Waals surface area contributed by atoms with Crippen molar-refractivity contribution in [3.63, 3.8) is 0 Å². The van der Waals surface area contributed by atoms with E-state index in [0.717, 1.165) is 5.56 Å². The third-order valence-electron chi connectivity index (χ3n) is 4.43. The van der Waals surface area contributed by atoms with Crippen LogP contribution in [0.3, 0.4) is 0 Å². The number of nitrogens with two attached hydrogens (primary N) is 1. The van der Waals surface area contributed by atoms with Gasteiger partial charge in [0.15, 0.2) is 5.78 Å². The van der Waals surface area contributed by atoms with E-state index >= 15 is 0 Å². The maximum Gasteiger partial charge on any atom is 0.221 e. The van der Waals surface area contributed by atoms with Gasteiger partial charge >= 0.3 is 0 Å². The van der Waals surface area contributed by atoms with Crippen molar-refractivity contribution in [3.8, 4) is 6.07 Å². The number of ether oxygens (including phenoxy) is 1. The lowest BCUT2D eigenvalue weighted by Crippen LogP contribution is -2.29. The van der Waals surface area contributed by atoms with Crippen LogP contribution in [0.4, 0.5) is 5.69 Å². The van der Waals surface area contributed by atoms with Crippen molar-refractivity contribution in [1.82, 2.24) is 0 Å². The number of rotatable bonds is 2. The predicted octanol–water partition coefficient (Wildman–Crippen LogP) is 2.71. The first-order valence-corrected chi connectivity index (χ1v) is 8.12. The van der Waals surface area contributed by atoms with Crippen LogP contribution in [0.25, 0.3) is 0 Å². The van der Waals surface area contributed by atoms with E-state index in [2.05, 4.69) is 11.4 Å². The van der Waals surface area contributed by atoms with Crippen molar-refractivity contribution in [2.75, 3.05) is 5.32 Å². The normalized spacial score (nSPS) is 22.8. The molecule has 1 aliphatic carbocycles. The molecule has 0 spiro atoms. The van der Waals surface area contributed by atoms with E-state index in [0.29, 0.717) is 29.9 Å². The third-order valence-corrected chi connectivity index (χ3v) is 4.43. The average molecular weight is 337 g/mol. The summed E-state index contributed by atoms with van der Waals surface area (Å²) >= 11 is 0. The number of carbonyl (C=O) groups excluding carboxylic acids is 2. The molecule has 0 bridgehead atoms. The van der Waals surface area contributed by atoms with Gasteiger partial charge in [-0.15, -0.1) is 0 Å². The predicted molar refractivity (Wildman–Crippen MR) is 91.8 cm³/mol. The first-order chi connectivity index (χ1) is 11.9. The van der Waals surface area contributed by atoms with Gasteiger partial charge in [0.1, 0.15) is 17.4 Å². The van der Waals surface area contributed by atoms with Crippen LogP contribution in [-0.4, -0.2) is 11.7 Å². The number of hydrogen-bond donors (Lipinski definition) is 2. The first-order valence-electron chi connectivity index (χ1n) is 8.12. The molecule has 0 radical (unpaired) electrons. The molecular weight excluding hydrogens is 318 g/mol. The Morgan fingerprint density at radius 1 is 1.32 bits per heavy atom. The number of anilines is 1. The molecule has 3 rings (SSSR count). The average Bonchev–Trinajstić information content (AvgIpc) is 2.53. The van der Waals surface area contributed by atoms with Crippen molar-refractivity contribution in [2.24, 2.45) is 11.7 Å². The Bertz CT molecular complexity index is 844. The zero-order chi connectivity index (χ0) is 18.1. The summed E-state index contributed by atoms with van der Waals surface area (Å²) in [6.07, 6.45) is 1.06. The maximum absolute atomic E-state index is 12.6. The van der Waals surface area contributed by atoms with Crippen molar-refractivity contribution >= 4 is 17.4 Å². The van der Waals surface area contributed by atoms with Gasteiger partial charge in [0.25, 0.3) is 0 Å². The molecule has 1 amide bonds. The molecule has 6 heteroatoms. The van der Waals surface area contributed by atoms with Crippen LogP contribution >= 0.6 is 0 Å². The Morgan fingerprint density at radius 2 is 2.00 bits per heavy atom. The molecule has 1 aromatic carbocycles. The molecule has 0 fully saturated rings. The van der Waals surface area contributed by atoms with Gasteiger partial charge in [-0.3, -0.25) is 9.59 Å². The van der Waals surface area contributed by atoms with E-state index in [1.165, 1.54) is 6.92 Å². The molecule has 0 unspecified atom stereocenters. The van der Waals surface area contributed by atoms with Crippen molar-refractivity contribution in [2.45, 2.75) is 32.6 Å². The number of ketones is 1. The van der Waals surface area contributed by atoms with Gasteiger partial charge in [-0.1, -0.05) is 19.1 Å².